The first kappa shape index (κ1) is 14.9. The summed E-state index contributed by atoms with van der Waals surface area (Å²) in [5, 5.41) is 11.7. The molecule has 0 aliphatic carbocycles. The largest absolute Gasteiger partial charge is 0.480 e. The Labute approximate surface area is 96.2 Å². The Kier molecular flexibility index (Phi) is 8.52. The zero-order chi connectivity index (χ0) is 12.4. The Morgan fingerprint density at radius 3 is 2.50 bits per heavy atom. The highest BCUT2D eigenvalue weighted by atomic mass is 16.5. The van der Waals surface area contributed by atoms with Crippen molar-refractivity contribution in [3.63, 3.8) is 0 Å². The number of hydrogen-bond donors (Lipinski definition) is 2. The van der Waals surface area contributed by atoms with Gasteiger partial charge in [0.2, 0.25) is 0 Å². The second-order valence-electron chi connectivity index (χ2n) is 3.60. The normalized spacial score (nSPS) is 12.1. The smallest absolute Gasteiger partial charge is 0.320 e. The van der Waals surface area contributed by atoms with Crippen LogP contribution in [0.15, 0.2) is 0 Å². The fourth-order valence-corrected chi connectivity index (χ4v) is 1.20. The summed E-state index contributed by atoms with van der Waals surface area (Å²) in [6.45, 7) is 4.67. The van der Waals surface area contributed by atoms with Gasteiger partial charge in [0.15, 0.2) is 0 Å². The number of aliphatic carboxylic acids is 1. The number of carbonyl (C=O) groups excluding carboxylic acids is 1. The summed E-state index contributed by atoms with van der Waals surface area (Å²) in [5.74, 6) is -1.16. The molecular formula is C11H21NO4. The summed E-state index contributed by atoms with van der Waals surface area (Å²) >= 11 is 0. The van der Waals surface area contributed by atoms with Crippen molar-refractivity contribution >= 4 is 11.9 Å². The molecule has 0 aliphatic heterocycles. The molecule has 0 aromatic rings. The lowest BCUT2D eigenvalue weighted by Gasteiger charge is -2.13. The lowest BCUT2D eigenvalue weighted by molar-refractivity contribution is -0.146. The highest BCUT2D eigenvalue weighted by Gasteiger charge is 2.16. The van der Waals surface area contributed by atoms with Gasteiger partial charge in [0, 0.05) is 12.8 Å². The number of nitrogens with one attached hydrogen (secondary N) is 1. The van der Waals surface area contributed by atoms with Crippen LogP contribution in [0.25, 0.3) is 0 Å². The molecule has 0 radical (unpaired) electrons. The van der Waals surface area contributed by atoms with Crippen LogP contribution in [-0.4, -0.2) is 36.2 Å². The molecule has 0 saturated heterocycles. The summed E-state index contributed by atoms with van der Waals surface area (Å²) in [7, 11) is 0. The Balaban J connectivity index is 3.75. The lowest BCUT2D eigenvalue weighted by Crippen LogP contribution is -2.38. The number of hydrogen-bond acceptors (Lipinski definition) is 4. The van der Waals surface area contributed by atoms with E-state index >= 15 is 0 Å². The molecule has 0 bridgehead atoms. The molecule has 0 spiro atoms. The minimum absolute atomic E-state index is 0.159. The lowest BCUT2D eigenvalue weighted by atomic mass is 10.2. The molecule has 1 unspecified atom stereocenters. The van der Waals surface area contributed by atoms with E-state index in [9.17, 15) is 9.59 Å². The van der Waals surface area contributed by atoms with Crippen LogP contribution in [0.3, 0.4) is 0 Å². The maximum absolute atomic E-state index is 11.0. The van der Waals surface area contributed by atoms with Gasteiger partial charge >= 0.3 is 11.9 Å². The molecule has 1 atom stereocenters. The van der Waals surface area contributed by atoms with E-state index in [1.54, 1.807) is 0 Å². The fraction of sp³-hybridized carbons (Fsp3) is 0.818. The topological polar surface area (TPSA) is 75.6 Å². The third kappa shape index (κ3) is 7.23. The van der Waals surface area contributed by atoms with E-state index in [0.29, 0.717) is 19.4 Å². The Hall–Kier alpha value is -1.10. The third-order valence-electron chi connectivity index (χ3n) is 2.06. The number of carbonyl (C=O) groups is 2. The van der Waals surface area contributed by atoms with Crippen LogP contribution in [0.5, 0.6) is 0 Å². The predicted octanol–water partition coefficient (Wildman–Crippen LogP) is 1.17. The van der Waals surface area contributed by atoms with Crippen LogP contribution in [0.2, 0.25) is 0 Å². The van der Waals surface area contributed by atoms with Gasteiger partial charge in [-0.1, -0.05) is 13.8 Å². The molecule has 2 N–H and O–H groups in total. The van der Waals surface area contributed by atoms with Gasteiger partial charge in [-0.25, -0.2) is 0 Å². The monoisotopic (exact) mass is 231 g/mol. The van der Waals surface area contributed by atoms with Crippen molar-refractivity contribution in [2.45, 2.75) is 45.6 Å². The SMILES string of the molecule is CCCNC(CCOC(=O)CCC)C(=O)O. The molecule has 0 aliphatic rings. The van der Waals surface area contributed by atoms with Crippen molar-refractivity contribution in [1.29, 1.82) is 0 Å². The number of esters is 1. The molecule has 94 valence electrons. The molecule has 0 saturated carbocycles. The van der Waals surface area contributed by atoms with Gasteiger partial charge < -0.3 is 15.2 Å². The van der Waals surface area contributed by atoms with E-state index in [-0.39, 0.29) is 12.6 Å². The van der Waals surface area contributed by atoms with Crippen molar-refractivity contribution in [2.75, 3.05) is 13.2 Å². The standard InChI is InChI=1S/C11H21NO4/c1-3-5-10(13)16-8-6-9(11(14)15)12-7-4-2/h9,12H,3-8H2,1-2H3,(H,14,15). The first-order valence-electron chi connectivity index (χ1n) is 5.73. The summed E-state index contributed by atoms with van der Waals surface area (Å²) in [6, 6.07) is -0.630. The average Bonchev–Trinajstić information content (AvgIpc) is 2.23. The van der Waals surface area contributed by atoms with Crippen molar-refractivity contribution in [3.8, 4) is 0 Å². The minimum Gasteiger partial charge on any atom is -0.480 e. The summed E-state index contributed by atoms with van der Waals surface area (Å²) in [5.41, 5.74) is 0. The molecular weight excluding hydrogens is 210 g/mol. The van der Waals surface area contributed by atoms with Crippen molar-refractivity contribution in [3.05, 3.63) is 0 Å². The summed E-state index contributed by atoms with van der Waals surface area (Å²) in [6.07, 6.45) is 2.32. The van der Waals surface area contributed by atoms with Crippen LogP contribution in [0, 0.1) is 0 Å². The van der Waals surface area contributed by atoms with Crippen LogP contribution in [0.4, 0.5) is 0 Å². The molecule has 0 rings (SSSR count). The Morgan fingerprint density at radius 1 is 1.31 bits per heavy atom. The predicted molar refractivity (Wildman–Crippen MR) is 60.2 cm³/mol. The van der Waals surface area contributed by atoms with Crippen molar-refractivity contribution in [1.82, 2.24) is 5.32 Å². The second-order valence-corrected chi connectivity index (χ2v) is 3.60. The van der Waals surface area contributed by atoms with Crippen molar-refractivity contribution < 1.29 is 19.4 Å². The van der Waals surface area contributed by atoms with Gasteiger partial charge in [-0.3, -0.25) is 9.59 Å². The van der Waals surface area contributed by atoms with E-state index in [0.717, 1.165) is 12.8 Å². The highest BCUT2D eigenvalue weighted by Crippen LogP contribution is 1.97. The first-order chi connectivity index (χ1) is 7.61. The van der Waals surface area contributed by atoms with Crippen LogP contribution < -0.4 is 5.32 Å². The van der Waals surface area contributed by atoms with Gasteiger partial charge in [0.25, 0.3) is 0 Å². The Morgan fingerprint density at radius 2 is 2.00 bits per heavy atom. The zero-order valence-electron chi connectivity index (χ0n) is 9.99. The summed E-state index contributed by atoms with van der Waals surface area (Å²) in [4.78, 5) is 21.8. The molecule has 16 heavy (non-hydrogen) atoms. The van der Waals surface area contributed by atoms with E-state index in [1.165, 1.54) is 0 Å². The second kappa shape index (κ2) is 9.15. The van der Waals surface area contributed by atoms with Crippen LogP contribution in [-0.2, 0) is 14.3 Å². The Bertz CT molecular complexity index is 218. The molecule has 0 aromatic carbocycles. The van der Waals surface area contributed by atoms with Crippen LogP contribution >= 0.6 is 0 Å². The number of ether oxygens (including phenoxy) is 1. The zero-order valence-corrected chi connectivity index (χ0v) is 9.99. The molecule has 5 nitrogen and oxygen atoms in total. The quantitative estimate of drug-likeness (QED) is 0.583. The number of carboxylic acid groups (broad SMARTS) is 1. The van der Waals surface area contributed by atoms with E-state index in [2.05, 4.69) is 5.32 Å². The van der Waals surface area contributed by atoms with Crippen molar-refractivity contribution in [2.24, 2.45) is 0 Å². The van der Waals surface area contributed by atoms with Gasteiger partial charge in [0.05, 0.1) is 6.61 Å². The molecule has 0 aromatic heterocycles. The van der Waals surface area contributed by atoms with Gasteiger partial charge in [-0.05, 0) is 19.4 Å². The molecule has 0 amide bonds. The van der Waals surface area contributed by atoms with Gasteiger partial charge in [0.1, 0.15) is 6.04 Å². The van der Waals surface area contributed by atoms with Crippen LogP contribution in [0.1, 0.15) is 39.5 Å². The fourth-order valence-electron chi connectivity index (χ4n) is 1.20. The average molecular weight is 231 g/mol. The molecule has 0 fully saturated rings. The maximum Gasteiger partial charge on any atom is 0.320 e. The summed E-state index contributed by atoms with van der Waals surface area (Å²) < 4.78 is 4.90. The molecule has 5 heteroatoms. The highest BCUT2D eigenvalue weighted by molar-refractivity contribution is 5.73. The van der Waals surface area contributed by atoms with E-state index < -0.39 is 12.0 Å². The first-order valence-corrected chi connectivity index (χ1v) is 5.73. The third-order valence-corrected chi connectivity index (χ3v) is 2.06. The minimum atomic E-state index is -0.903. The van der Waals surface area contributed by atoms with Gasteiger partial charge in [-0.2, -0.15) is 0 Å². The number of rotatable bonds is 9. The number of carboxylic acids is 1. The molecule has 0 heterocycles. The van der Waals surface area contributed by atoms with Gasteiger partial charge in [-0.15, -0.1) is 0 Å². The van der Waals surface area contributed by atoms with E-state index in [1.807, 2.05) is 13.8 Å². The van der Waals surface area contributed by atoms with E-state index in [4.69, 9.17) is 9.84 Å². The maximum atomic E-state index is 11.0.